The van der Waals surface area contributed by atoms with Crippen molar-refractivity contribution < 1.29 is 4.42 Å². The summed E-state index contributed by atoms with van der Waals surface area (Å²) in [6, 6.07) is 75.1. The lowest BCUT2D eigenvalue weighted by Crippen LogP contribution is -2.06. The van der Waals surface area contributed by atoms with Crippen LogP contribution < -0.4 is 0 Å². The van der Waals surface area contributed by atoms with E-state index in [0.717, 1.165) is 77.1 Å². The van der Waals surface area contributed by atoms with E-state index in [1.54, 1.807) is 0 Å². The molecule has 65 heavy (non-hydrogen) atoms. The third kappa shape index (κ3) is 5.44. The molecule has 0 aliphatic carbocycles. The van der Waals surface area contributed by atoms with Crippen molar-refractivity contribution in [2.45, 2.75) is 0 Å². The summed E-state index contributed by atoms with van der Waals surface area (Å²) < 4.78 is 11.0. The minimum absolute atomic E-state index is 0.551. The van der Waals surface area contributed by atoms with E-state index in [1.807, 2.05) is 24.3 Å². The third-order valence-electron chi connectivity index (χ3n) is 13.1. The third-order valence-corrected chi connectivity index (χ3v) is 13.1. The molecule has 10 aromatic carbocycles. The van der Waals surface area contributed by atoms with Crippen molar-refractivity contribution in [3.8, 4) is 45.5 Å². The quantitative estimate of drug-likeness (QED) is 0.173. The van der Waals surface area contributed by atoms with Crippen LogP contribution in [0.5, 0.6) is 0 Å². The summed E-state index contributed by atoms with van der Waals surface area (Å²) in [5.74, 6) is 1.74. The Morgan fingerprint density at radius 2 is 0.846 bits per heavy atom. The molecule has 4 heterocycles. The lowest BCUT2D eigenvalue weighted by molar-refractivity contribution is 0.669. The summed E-state index contributed by atoms with van der Waals surface area (Å²) in [6.07, 6.45) is 0. The van der Waals surface area contributed by atoms with E-state index in [0.29, 0.717) is 17.6 Å². The Bertz CT molecular complexity index is 4240. The van der Waals surface area contributed by atoms with Crippen LogP contribution in [0.2, 0.25) is 0 Å². The molecule has 14 aromatic rings. The average molecular weight is 830 g/mol. The lowest BCUT2D eigenvalue weighted by atomic mass is 9.99. The molecule has 0 aliphatic heterocycles. The Hall–Kier alpha value is -8.87. The second kappa shape index (κ2) is 13.8. The number of hydrogen-bond donors (Lipinski definition) is 0. The summed E-state index contributed by atoms with van der Waals surface area (Å²) in [6.45, 7) is 0. The summed E-state index contributed by atoms with van der Waals surface area (Å²) in [5, 5.41) is 11.5. The van der Waals surface area contributed by atoms with Gasteiger partial charge >= 0.3 is 0 Å². The number of rotatable bonds is 5. The van der Waals surface area contributed by atoms with Crippen molar-refractivity contribution in [2.24, 2.45) is 0 Å². The summed E-state index contributed by atoms with van der Waals surface area (Å²) in [7, 11) is 0. The van der Waals surface area contributed by atoms with E-state index < -0.39 is 0 Å². The lowest BCUT2D eigenvalue weighted by Gasteiger charge is -2.11. The van der Waals surface area contributed by atoms with Crippen LogP contribution in [-0.2, 0) is 0 Å². The standard InChI is InChI=1S/C59H35N5O/c1-3-15-38(16-4-1)57-60-58(41-27-31-53-48(35-41)56-44-20-10-8-14-37(44)26-32-54(56)65-53)62-59(61-57)64-51-29-25-40(34-47(51)55-43-19-9-7-13-36(43)23-30-52(55)64)39-24-28-50-46(33-39)45-21-11-12-22-49(45)63(50)42-17-5-2-6-18-42/h1-35H. The fourth-order valence-electron chi connectivity index (χ4n) is 10.2. The van der Waals surface area contributed by atoms with E-state index in [1.165, 1.54) is 38.0 Å². The van der Waals surface area contributed by atoms with Crippen LogP contribution in [-0.4, -0.2) is 24.1 Å². The molecule has 6 nitrogen and oxygen atoms in total. The topological polar surface area (TPSA) is 61.7 Å². The van der Waals surface area contributed by atoms with Gasteiger partial charge in [0.25, 0.3) is 0 Å². The Labute approximate surface area is 371 Å². The second-order valence-electron chi connectivity index (χ2n) is 16.8. The zero-order valence-corrected chi connectivity index (χ0v) is 34.9. The molecule has 6 heteroatoms. The maximum atomic E-state index is 6.40. The zero-order chi connectivity index (χ0) is 42.6. The first-order chi connectivity index (χ1) is 32.2. The van der Waals surface area contributed by atoms with Gasteiger partial charge in [0.1, 0.15) is 11.2 Å². The average Bonchev–Trinajstić information content (AvgIpc) is 4.04. The SMILES string of the molecule is c1ccc(-c2nc(-c3ccc4oc5ccc6ccccc6c5c4c3)nc(-n3c4ccc(-c5ccc6c(c5)c5ccccc5n6-c5ccccc5)cc4c4c5ccccc5ccc43)n2)cc1. The number of aromatic nitrogens is 5. The summed E-state index contributed by atoms with van der Waals surface area (Å²) in [4.78, 5) is 15.8. The largest absolute Gasteiger partial charge is 0.456 e. The Morgan fingerprint density at radius 3 is 1.62 bits per heavy atom. The summed E-state index contributed by atoms with van der Waals surface area (Å²) >= 11 is 0. The van der Waals surface area contributed by atoms with E-state index in [-0.39, 0.29) is 0 Å². The number of fused-ring (bicyclic) bond motifs is 13. The molecule has 14 rings (SSSR count). The van der Waals surface area contributed by atoms with Gasteiger partial charge in [0.05, 0.1) is 22.1 Å². The minimum Gasteiger partial charge on any atom is -0.456 e. The molecule has 0 unspecified atom stereocenters. The molecule has 0 aliphatic rings. The molecular formula is C59H35N5O. The van der Waals surface area contributed by atoms with Crippen LogP contribution in [0, 0.1) is 0 Å². The van der Waals surface area contributed by atoms with Crippen molar-refractivity contribution in [1.29, 1.82) is 0 Å². The molecule has 0 saturated heterocycles. The molecule has 0 saturated carbocycles. The van der Waals surface area contributed by atoms with Gasteiger partial charge in [-0.2, -0.15) is 9.97 Å². The molecule has 0 spiro atoms. The highest BCUT2D eigenvalue weighted by Crippen LogP contribution is 2.41. The number of benzene rings is 10. The Balaban J connectivity index is 1.00. The predicted molar refractivity (Wildman–Crippen MR) is 267 cm³/mol. The van der Waals surface area contributed by atoms with Crippen molar-refractivity contribution in [3.63, 3.8) is 0 Å². The fraction of sp³-hybridized carbons (Fsp3) is 0. The van der Waals surface area contributed by atoms with Gasteiger partial charge in [-0.15, -0.1) is 0 Å². The molecule has 0 atom stereocenters. The van der Waals surface area contributed by atoms with E-state index in [9.17, 15) is 0 Å². The van der Waals surface area contributed by atoms with Gasteiger partial charge in [-0.3, -0.25) is 4.57 Å². The number of furan rings is 1. The number of para-hydroxylation sites is 2. The first-order valence-electron chi connectivity index (χ1n) is 21.9. The molecule has 0 N–H and O–H groups in total. The van der Waals surface area contributed by atoms with Gasteiger partial charge in [0.15, 0.2) is 11.6 Å². The predicted octanol–water partition coefficient (Wildman–Crippen LogP) is 15.3. The van der Waals surface area contributed by atoms with Gasteiger partial charge in [-0.05, 0) is 105 Å². The number of nitrogens with zero attached hydrogens (tertiary/aromatic N) is 5. The highest BCUT2D eigenvalue weighted by atomic mass is 16.3. The van der Waals surface area contributed by atoms with Crippen LogP contribution in [0.4, 0.5) is 0 Å². The maximum absolute atomic E-state index is 6.40. The van der Waals surface area contributed by atoms with Crippen molar-refractivity contribution in [1.82, 2.24) is 24.1 Å². The zero-order valence-electron chi connectivity index (χ0n) is 34.9. The van der Waals surface area contributed by atoms with Crippen molar-refractivity contribution >= 4 is 87.1 Å². The molecule has 0 radical (unpaired) electrons. The first kappa shape index (κ1) is 35.7. The molecule has 0 amide bonds. The normalized spacial score (nSPS) is 12.0. The Morgan fingerprint density at radius 1 is 0.308 bits per heavy atom. The van der Waals surface area contributed by atoms with Crippen LogP contribution in [0.15, 0.2) is 217 Å². The van der Waals surface area contributed by atoms with Gasteiger partial charge in [0, 0.05) is 49.1 Å². The molecule has 4 aromatic heterocycles. The Kier molecular flexibility index (Phi) is 7.59. The molecule has 302 valence electrons. The van der Waals surface area contributed by atoms with Gasteiger partial charge in [-0.1, -0.05) is 140 Å². The van der Waals surface area contributed by atoms with Gasteiger partial charge < -0.3 is 8.98 Å². The van der Waals surface area contributed by atoms with Gasteiger partial charge in [0.2, 0.25) is 5.95 Å². The maximum Gasteiger partial charge on any atom is 0.238 e. The van der Waals surface area contributed by atoms with Gasteiger partial charge in [-0.25, -0.2) is 4.98 Å². The smallest absolute Gasteiger partial charge is 0.238 e. The fourth-order valence-corrected chi connectivity index (χ4v) is 10.2. The molecular weight excluding hydrogens is 795 g/mol. The van der Waals surface area contributed by atoms with E-state index >= 15 is 0 Å². The van der Waals surface area contributed by atoms with Crippen LogP contribution in [0.25, 0.3) is 133 Å². The minimum atomic E-state index is 0.551. The second-order valence-corrected chi connectivity index (χ2v) is 16.8. The monoisotopic (exact) mass is 829 g/mol. The van der Waals surface area contributed by atoms with Crippen molar-refractivity contribution in [3.05, 3.63) is 212 Å². The van der Waals surface area contributed by atoms with E-state index in [2.05, 4.69) is 197 Å². The highest BCUT2D eigenvalue weighted by molar-refractivity contribution is 6.22. The van der Waals surface area contributed by atoms with Crippen molar-refractivity contribution in [2.75, 3.05) is 0 Å². The van der Waals surface area contributed by atoms with E-state index in [4.69, 9.17) is 19.4 Å². The first-order valence-corrected chi connectivity index (χ1v) is 21.9. The highest BCUT2D eigenvalue weighted by Gasteiger charge is 2.22. The van der Waals surface area contributed by atoms with Crippen LogP contribution in [0.3, 0.4) is 0 Å². The van der Waals surface area contributed by atoms with Crippen LogP contribution in [0.1, 0.15) is 0 Å². The van der Waals surface area contributed by atoms with Crippen LogP contribution >= 0.6 is 0 Å². The molecule has 0 fully saturated rings. The summed E-state index contributed by atoms with van der Waals surface area (Å²) in [5.41, 5.74) is 11.3. The molecule has 0 bridgehead atoms. The number of hydrogen-bond acceptors (Lipinski definition) is 4.